The minimum atomic E-state index is -0.278. The van der Waals surface area contributed by atoms with Crippen molar-refractivity contribution in [3.8, 4) is 22.9 Å². The summed E-state index contributed by atoms with van der Waals surface area (Å²) in [5.74, 6) is 1.28. The highest BCUT2D eigenvalue weighted by Crippen LogP contribution is 2.36. The molecule has 1 amide bonds. The number of carbonyl (C=O) groups is 1. The first-order valence-electron chi connectivity index (χ1n) is 10.8. The molecular weight excluding hydrogens is 434 g/mol. The molecule has 9 nitrogen and oxygen atoms in total. The Balaban J connectivity index is 1.40. The van der Waals surface area contributed by atoms with Crippen molar-refractivity contribution < 1.29 is 19.0 Å². The predicted octanol–water partition coefficient (Wildman–Crippen LogP) is 3.67. The van der Waals surface area contributed by atoms with E-state index in [0.29, 0.717) is 29.5 Å². The first kappa shape index (κ1) is 22.9. The Hall–Kier alpha value is -4.27. The number of benzene rings is 2. The zero-order chi connectivity index (χ0) is 24.1. The smallest absolute Gasteiger partial charge is 0.272 e. The molecule has 0 spiro atoms. The Bertz CT molecular complexity index is 1260. The summed E-state index contributed by atoms with van der Waals surface area (Å²) in [4.78, 5) is 12.7. The Kier molecular flexibility index (Phi) is 6.82. The summed E-state index contributed by atoms with van der Waals surface area (Å²) < 4.78 is 19.9. The fourth-order valence-corrected chi connectivity index (χ4v) is 3.66. The molecule has 1 N–H and O–H groups in total. The number of para-hydroxylation sites is 2. The van der Waals surface area contributed by atoms with Crippen LogP contribution >= 0.6 is 0 Å². The van der Waals surface area contributed by atoms with Crippen LogP contribution in [-0.2, 0) is 13.3 Å². The Labute approximate surface area is 197 Å². The molecule has 0 atom stereocenters. The van der Waals surface area contributed by atoms with E-state index < -0.39 is 0 Å². The van der Waals surface area contributed by atoms with Gasteiger partial charge in [-0.15, -0.1) is 0 Å². The monoisotopic (exact) mass is 461 g/mol. The quantitative estimate of drug-likeness (QED) is 0.409. The number of carbonyl (C=O) groups excluding carboxylic acids is 1. The van der Waals surface area contributed by atoms with Gasteiger partial charge in [0.05, 0.1) is 25.6 Å². The van der Waals surface area contributed by atoms with E-state index in [4.69, 9.17) is 14.2 Å². The average Bonchev–Trinajstić information content (AvgIpc) is 3.45. The molecule has 0 fully saturated rings. The molecule has 9 heteroatoms. The molecule has 0 unspecified atom stereocenters. The van der Waals surface area contributed by atoms with E-state index in [1.54, 1.807) is 38.6 Å². The van der Waals surface area contributed by atoms with Gasteiger partial charge < -0.3 is 19.5 Å². The van der Waals surface area contributed by atoms with E-state index in [9.17, 15) is 4.79 Å². The Morgan fingerprint density at radius 2 is 1.65 bits per heavy atom. The molecule has 0 radical (unpaired) electrons. The number of ether oxygens (including phenoxy) is 3. The van der Waals surface area contributed by atoms with Crippen molar-refractivity contribution in [3.63, 3.8) is 0 Å². The summed E-state index contributed by atoms with van der Waals surface area (Å²) in [5.41, 5.74) is 4.09. The van der Waals surface area contributed by atoms with Gasteiger partial charge in [0, 0.05) is 24.0 Å². The van der Waals surface area contributed by atoms with E-state index in [1.165, 1.54) is 4.68 Å². The van der Waals surface area contributed by atoms with Crippen molar-refractivity contribution >= 4 is 5.91 Å². The molecule has 0 saturated heterocycles. The van der Waals surface area contributed by atoms with Gasteiger partial charge in [0.15, 0.2) is 18.2 Å². The van der Waals surface area contributed by atoms with Gasteiger partial charge in [-0.3, -0.25) is 4.79 Å². The Morgan fingerprint density at radius 1 is 0.941 bits per heavy atom. The molecule has 0 aliphatic heterocycles. The maximum atomic E-state index is 12.7. The molecule has 4 rings (SSSR count). The van der Waals surface area contributed by atoms with Crippen LogP contribution in [0.15, 0.2) is 60.8 Å². The fraction of sp³-hybridized carbons (Fsp3) is 0.240. The molecule has 2 aromatic carbocycles. The number of nitrogens with one attached hydrogen (secondary N) is 1. The van der Waals surface area contributed by atoms with Crippen molar-refractivity contribution in [3.05, 3.63) is 83.4 Å². The van der Waals surface area contributed by atoms with E-state index >= 15 is 0 Å². The molecule has 176 valence electrons. The number of nitrogens with zero attached hydrogens (tertiary/aromatic N) is 4. The average molecular weight is 462 g/mol. The predicted molar refractivity (Wildman–Crippen MR) is 127 cm³/mol. The number of amides is 1. The number of methoxy groups -OCH3 is 2. The van der Waals surface area contributed by atoms with Crippen molar-refractivity contribution in [2.75, 3.05) is 14.2 Å². The Morgan fingerprint density at radius 3 is 2.32 bits per heavy atom. The van der Waals surface area contributed by atoms with Gasteiger partial charge in [-0.05, 0) is 44.2 Å². The lowest BCUT2D eigenvalue weighted by molar-refractivity contribution is 0.0943. The summed E-state index contributed by atoms with van der Waals surface area (Å²) in [7, 11) is 3.12. The topological polar surface area (TPSA) is 92.4 Å². The van der Waals surface area contributed by atoms with E-state index in [0.717, 1.165) is 22.6 Å². The highest BCUT2D eigenvalue weighted by atomic mass is 16.5. The molecule has 34 heavy (non-hydrogen) atoms. The van der Waals surface area contributed by atoms with E-state index in [-0.39, 0.29) is 12.6 Å². The summed E-state index contributed by atoms with van der Waals surface area (Å²) in [6.07, 6.45) is 1.68. The van der Waals surface area contributed by atoms with Crippen molar-refractivity contribution in [1.29, 1.82) is 0 Å². The van der Waals surface area contributed by atoms with Gasteiger partial charge in [-0.25, -0.2) is 9.36 Å². The lowest BCUT2D eigenvalue weighted by atomic mass is 10.2. The van der Waals surface area contributed by atoms with Crippen LogP contribution in [0.1, 0.15) is 27.4 Å². The van der Waals surface area contributed by atoms with Crippen molar-refractivity contribution in [2.24, 2.45) is 0 Å². The zero-order valence-corrected chi connectivity index (χ0v) is 19.6. The molecule has 0 saturated carbocycles. The minimum absolute atomic E-state index is 0.0894. The van der Waals surface area contributed by atoms with Gasteiger partial charge >= 0.3 is 0 Å². The normalized spacial score (nSPS) is 10.7. The second-order valence-electron chi connectivity index (χ2n) is 7.58. The maximum Gasteiger partial charge on any atom is 0.272 e. The van der Waals surface area contributed by atoms with Crippen LogP contribution in [0.25, 0.3) is 5.69 Å². The van der Waals surface area contributed by atoms with Crippen molar-refractivity contribution in [1.82, 2.24) is 24.9 Å². The third-order valence-electron chi connectivity index (χ3n) is 5.46. The van der Waals surface area contributed by atoms with Crippen LogP contribution in [-0.4, -0.2) is 39.7 Å². The van der Waals surface area contributed by atoms with Crippen LogP contribution in [0, 0.1) is 13.8 Å². The second-order valence-corrected chi connectivity index (χ2v) is 7.58. The van der Waals surface area contributed by atoms with E-state index in [1.807, 2.05) is 54.9 Å². The summed E-state index contributed by atoms with van der Waals surface area (Å²) in [5, 5.41) is 11.9. The molecule has 0 aliphatic carbocycles. The number of hydrogen-bond donors (Lipinski definition) is 1. The van der Waals surface area contributed by atoms with Crippen LogP contribution in [0.2, 0.25) is 0 Å². The van der Waals surface area contributed by atoms with Crippen LogP contribution < -0.4 is 19.5 Å². The first-order chi connectivity index (χ1) is 16.5. The number of aromatic nitrogens is 4. The van der Waals surface area contributed by atoms with Crippen LogP contribution in [0.5, 0.6) is 17.2 Å². The van der Waals surface area contributed by atoms with Crippen molar-refractivity contribution in [2.45, 2.75) is 27.1 Å². The minimum Gasteiger partial charge on any atom is -0.493 e. The third-order valence-corrected chi connectivity index (χ3v) is 5.46. The van der Waals surface area contributed by atoms with E-state index in [2.05, 4.69) is 15.5 Å². The summed E-state index contributed by atoms with van der Waals surface area (Å²) >= 11 is 0. The summed E-state index contributed by atoms with van der Waals surface area (Å²) in [6.45, 7) is 4.37. The number of aryl methyl sites for hydroxylation is 1. The largest absolute Gasteiger partial charge is 0.493 e. The fourth-order valence-electron chi connectivity index (χ4n) is 3.66. The zero-order valence-electron chi connectivity index (χ0n) is 19.6. The van der Waals surface area contributed by atoms with Gasteiger partial charge in [-0.1, -0.05) is 24.3 Å². The lowest BCUT2D eigenvalue weighted by Gasteiger charge is -2.13. The van der Waals surface area contributed by atoms with Gasteiger partial charge in [0.1, 0.15) is 5.69 Å². The molecule has 2 heterocycles. The molecule has 2 aromatic heterocycles. The second kappa shape index (κ2) is 10.1. The maximum absolute atomic E-state index is 12.7. The van der Waals surface area contributed by atoms with Gasteiger partial charge in [-0.2, -0.15) is 10.2 Å². The molecule has 0 bridgehead atoms. The number of rotatable bonds is 9. The standard InChI is InChI=1S/C25H27N5O4/c1-17-20(18(2)30(27-17)19-9-6-5-7-10-19)15-26-25(31)21-13-14-29(28-21)16-34-24-22(32-3)11-8-12-23(24)33-4/h5-14H,15-16H2,1-4H3,(H,26,31). The van der Waals surface area contributed by atoms with Crippen LogP contribution in [0.3, 0.4) is 0 Å². The SMILES string of the molecule is COc1cccc(OC)c1OCn1ccc(C(=O)NCc2c(C)nn(-c3ccccc3)c2C)n1. The van der Waals surface area contributed by atoms with Gasteiger partial charge in [0.2, 0.25) is 5.75 Å². The highest BCUT2D eigenvalue weighted by Gasteiger charge is 2.16. The molecular formula is C25H27N5O4. The number of hydrogen-bond acceptors (Lipinski definition) is 6. The third kappa shape index (κ3) is 4.73. The molecule has 4 aromatic rings. The first-order valence-corrected chi connectivity index (χ1v) is 10.8. The van der Waals surface area contributed by atoms with Gasteiger partial charge in [0.25, 0.3) is 5.91 Å². The molecule has 0 aliphatic rings. The summed E-state index contributed by atoms with van der Waals surface area (Å²) in [6, 6.07) is 16.9. The lowest BCUT2D eigenvalue weighted by Crippen LogP contribution is -2.24. The highest BCUT2D eigenvalue weighted by molar-refractivity contribution is 5.92. The van der Waals surface area contributed by atoms with Crippen LogP contribution in [0.4, 0.5) is 0 Å².